The van der Waals surface area contributed by atoms with Crippen LogP contribution in [-0.4, -0.2) is 26.4 Å². The highest BCUT2D eigenvalue weighted by molar-refractivity contribution is 5.56. The Balaban J connectivity index is 3.17. The molecular formula is C15H22O4. The molecule has 4 heteroatoms. The van der Waals surface area contributed by atoms with Crippen LogP contribution in [-0.2, 0) is 0 Å². The van der Waals surface area contributed by atoms with Crippen molar-refractivity contribution >= 4 is 0 Å². The van der Waals surface area contributed by atoms with Crippen LogP contribution < -0.4 is 14.2 Å². The molecule has 0 aromatic heterocycles. The topological polar surface area (TPSA) is 47.9 Å². The third-order valence-electron chi connectivity index (χ3n) is 3.08. The summed E-state index contributed by atoms with van der Waals surface area (Å²) in [6, 6.07) is 3.54. The van der Waals surface area contributed by atoms with Crippen LogP contribution in [0.3, 0.4) is 0 Å². The molecule has 1 rings (SSSR count). The summed E-state index contributed by atoms with van der Waals surface area (Å²) in [6.07, 6.45) is 0.678. The number of aliphatic hydroxyl groups excluding tert-OH is 1. The normalized spacial score (nSPS) is 11.8. The molecule has 1 aromatic rings. The zero-order valence-corrected chi connectivity index (χ0v) is 12.0. The first-order chi connectivity index (χ1) is 9.08. The molecular weight excluding hydrogens is 244 g/mol. The van der Waals surface area contributed by atoms with E-state index in [1.54, 1.807) is 33.5 Å². The fourth-order valence-corrected chi connectivity index (χ4v) is 1.91. The molecule has 0 bridgehead atoms. The summed E-state index contributed by atoms with van der Waals surface area (Å²) in [5, 5.41) is 10.3. The Bertz CT molecular complexity index is 440. The Kier molecular flexibility index (Phi) is 5.70. The molecule has 0 fully saturated rings. The van der Waals surface area contributed by atoms with Crippen molar-refractivity contribution in [2.75, 3.05) is 21.3 Å². The third kappa shape index (κ3) is 3.41. The molecule has 0 amide bonds. The van der Waals surface area contributed by atoms with Gasteiger partial charge in [0.25, 0.3) is 0 Å². The van der Waals surface area contributed by atoms with Gasteiger partial charge in [0.2, 0.25) is 5.75 Å². The van der Waals surface area contributed by atoms with Crippen molar-refractivity contribution in [2.45, 2.75) is 25.9 Å². The molecule has 0 saturated heterocycles. The number of aliphatic hydroxyl groups is 1. The highest BCUT2D eigenvalue weighted by Gasteiger charge is 2.21. The summed E-state index contributed by atoms with van der Waals surface area (Å²) in [5.74, 6) is 1.56. The zero-order valence-electron chi connectivity index (χ0n) is 12.0. The van der Waals surface area contributed by atoms with Gasteiger partial charge in [-0.2, -0.15) is 0 Å². The summed E-state index contributed by atoms with van der Waals surface area (Å²) >= 11 is 0. The molecule has 106 valence electrons. The minimum atomic E-state index is -0.665. The van der Waals surface area contributed by atoms with Gasteiger partial charge < -0.3 is 19.3 Å². The lowest BCUT2D eigenvalue weighted by Crippen LogP contribution is -2.04. The molecule has 1 atom stereocenters. The molecule has 0 aliphatic heterocycles. The van der Waals surface area contributed by atoms with Gasteiger partial charge in [0.1, 0.15) is 0 Å². The van der Waals surface area contributed by atoms with E-state index in [1.165, 1.54) is 0 Å². The Morgan fingerprint density at radius 2 is 1.79 bits per heavy atom. The molecule has 0 spiro atoms. The molecule has 0 heterocycles. The number of benzene rings is 1. The highest BCUT2D eigenvalue weighted by atomic mass is 16.5. The smallest absolute Gasteiger partial charge is 0.203 e. The van der Waals surface area contributed by atoms with Gasteiger partial charge in [-0.25, -0.2) is 0 Å². The van der Waals surface area contributed by atoms with Gasteiger partial charge in [0.15, 0.2) is 11.5 Å². The first-order valence-electron chi connectivity index (χ1n) is 6.22. The monoisotopic (exact) mass is 266 g/mol. The Morgan fingerprint density at radius 3 is 2.26 bits per heavy atom. The molecule has 1 unspecified atom stereocenters. The van der Waals surface area contributed by atoms with E-state index in [1.807, 2.05) is 6.92 Å². The number of rotatable bonds is 7. The van der Waals surface area contributed by atoms with Gasteiger partial charge in [-0.15, -0.1) is 0 Å². The average molecular weight is 266 g/mol. The summed E-state index contributed by atoms with van der Waals surface area (Å²) in [5.41, 5.74) is 1.67. The molecule has 1 N–H and O–H groups in total. The Hall–Kier alpha value is -1.68. The zero-order chi connectivity index (χ0) is 14.4. The molecule has 0 saturated carbocycles. The maximum Gasteiger partial charge on any atom is 0.203 e. The van der Waals surface area contributed by atoms with Crippen LogP contribution in [0.25, 0.3) is 0 Å². The molecule has 0 aliphatic carbocycles. The van der Waals surface area contributed by atoms with Crippen molar-refractivity contribution < 1.29 is 19.3 Å². The van der Waals surface area contributed by atoms with Crippen molar-refractivity contribution in [2.24, 2.45) is 0 Å². The molecule has 0 radical (unpaired) electrons. The predicted octanol–water partition coefficient (Wildman–Crippen LogP) is 3.10. The van der Waals surface area contributed by atoms with Crippen molar-refractivity contribution in [1.29, 1.82) is 0 Å². The van der Waals surface area contributed by atoms with E-state index < -0.39 is 6.10 Å². The lowest BCUT2D eigenvalue weighted by Gasteiger charge is -2.19. The highest BCUT2D eigenvalue weighted by Crippen LogP contribution is 2.43. The summed E-state index contributed by atoms with van der Waals surface area (Å²) in [6.45, 7) is 5.93. The van der Waals surface area contributed by atoms with Crippen LogP contribution in [0.2, 0.25) is 0 Å². The largest absolute Gasteiger partial charge is 0.493 e. The van der Waals surface area contributed by atoms with Crippen LogP contribution >= 0.6 is 0 Å². The van der Waals surface area contributed by atoms with Crippen LogP contribution in [0.1, 0.15) is 31.4 Å². The maximum absolute atomic E-state index is 10.3. The number of hydrogen-bond acceptors (Lipinski definition) is 4. The average Bonchev–Trinajstić information content (AvgIpc) is 2.44. The van der Waals surface area contributed by atoms with E-state index in [0.717, 1.165) is 12.0 Å². The van der Waals surface area contributed by atoms with Gasteiger partial charge in [0.05, 0.1) is 27.4 Å². The minimum Gasteiger partial charge on any atom is -0.493 e. The Morgan fingerprint density at radius 1 is 1.16 bits per heavy atom. The molecule has 19 heavy (non-hydrogen) atoms. The summed E-state index contributed by atoms with van der Waals surface area (Å²) in [4.78, 5) is 0. The first kappa shape index (κ1) is 15.4. The second kappa shape index (κ2) is 7.04. The number of hydrogen-bond donors (Lipinski definition) is 1. The minimum absolute atomic E-state index is 0.490. The maximum atomic E-state index is 10.3. The third-order valence-corrected chi connectivity index (χ3v) is 3.08. The summed E-state index contributed by atoms with van der Waals surface area (Å²) in [7, 11) is 4.65. The van der Waals surface area contributed by atoms with Gasteiger partial charge in [-0.05, 0) is 25.0 Å². The van der Waals surface area contributed by atoms with Crippen molar-refractivity contribution in [3.05, 3.63) is 29.8 Å². The predicted molar refractivity (Wildman–Crippen MR) is 75.1 cm³/mol. The van der Waals surface area contributed by atoms with E-state index in [4.69, 9.17) is 14.2 Å². The number of methoxy groups -OCH3 is 3. The fraction of sp³-hybridized carbons (Fsp3) is 0.467. The van der Waals surface area contributed by atoms with E-state index in [2.05, 4.69) is 6.58 Å². The van der Waals surface area contributed by atoms with Gasteiger partial charge in [-0.1, -0.05) is 19.1 Å². The quantitative estimate of drug-likeness (QED) is 0.770. The van der Waals surface area contributed by atoms with Crippen LogP contribution in [0.5, 0.6) is 17.2 Å². The standard InChI is InChI=1S/C15H22O4/c1-6-10(2)9-12(16)11-7-8-13(17-3)15(19-5)14(11)18-4/h7-8,12,16H,2,6,9H2,1,3-5H3. The lowest BCUT2D eigenvalue weighted by molar-refractivity contribution is 0.171. The van der Waals surface area contributed by atoms with Gasteiger partial charge in [-0.3, -0.25) is 0 Å². The van der Waals surface area contributed by atoms with Gasteiger partial charge >= 0.3 is 0 Å². The SMILES string of the molecule is C=C(CC)CC(O)c1ccc(OC)c(OC)c1OC. The molecule has 0 aliphatic rings. The van der Waals surface area contributed by atoms with Crippen molar-refractivity contribution in [3.63, 3.8) is 0 Å². The first-order valence-corrected chi connectivity index (χ1v) is 6.22. The second-order valence-corrected chi connectivity index (χ2v) is 4.25. The van der Waals surface area contributed by atoms with E-state index >= 15 is 0 Å². The molecule has 4 nitrogen and oxygen atoms in total. The molecule has 1 aromatic carbocycles. The van der Waals surface area contributed by atoms with Crippen molar-refractivity contribution in [1.82, 2.24) is 0 Å². The number of ether oxygens (including phenoxy) is 3. The van der Waals surface area contributed by atoms with E-state index in [-0.39, 0.29) is 0 Å². The van der Waals surface area contributed by atoms with Crippen LogP contribution in [0.15, 0.2) is 24.3 Å². The second-order valence-electron chi connectivity index (χ2n) is 4.25. The van der Waals surface area contributed by atoms with Gasteiger partial charge in [0, 0.05) is 5.56 Å². The van der Waals surface area contributed by atoms with E-state index in [0.29, 0.717) is 29.2 Å². The summed E-state index contributed by atoms with van der Waals surface area (Å²) < 4.78 is 15.9. The fourth-order valence-electron chi connectivity index (χ4n) is 1.91. The Labute approximate surface area is 114 Å². The van der Waals surface area contributed by atoms with Crippen molar-refractivity contribution in [3.8, 4) is 17.2 Å². The van der Waals surface area contributed by atoms with Crippen LogP contribution in [0.4, 0.5) is 0 Å². The lowest BCUT2D eigenvalue weighted by atomic mass is 9.99. The van der Waals surface area contributed by atoms with E-state index in [9.17, 15) is 5.11 Å². The van der Waals surface area contributed by atoms with Crippen LogP contribution in [0, 0.1) is 0 Å².